The summed E-state index contributed by atoms with van der Waals surface area (Å²) in [5.41, 5.74) is 0.470. The fraction of sp³-hybridized carbons (Fsp3) is 0.500. The van der Waals surface area contributed by atoms with E-state index in [-0.39, 0.29) is 16.8 Å². The Balaban J connectivity index is 1.98. The van der Waals surface area contributed by atoms with Crippen molar-refractivity contribution >= 4 is 30.3 Å². The average molecular weight is 299 g/mol. The predicted octanol–water partition coefficient (Wildman–Crippen LogP) is 3.52. The van der Waals surface area contributed by atoms with Gasteiger partial charge in [-0.15, -0.1) is 12.6 Å². The molecule has 2 atom stereocenters. The van der Waals surface area contributed by atoms with Gasteiger partial charge in [0.05, 0.1) is 0 Å². The number of halogens is 1. The van der Waals surface area contributed by atoms with Crippen LogP contribution in [0.5, 0.6) is 0 Å². The summed E-state index contributed by atoms with van der Waals surface area (Å²) in [4.78, 5) is 12.3. The van der Waals surface area contributed by atoms with E-state index in [2.05, 4.69) is 24.2 Å². The molecule has 104 valence electrons. The largest absolute Gasteiger partial charge is 0.349 e. The summed E-state index contributed by atoms with van der Waals surface area (Å²) < 4.78 is 13.1. The number of amides is 1. The van der Waals surface area contributed by atoms with E-state index in [0.717, 1.165) is 19.3 Å². The van der Waals surface area contributed by atoms with Crippen LogP contribution < -0.4 is 5.32 Å². The van der Waals surface area contributed by atoms with E-state index in [9.17, 15) is 9.18 Å². The summed E-state index contributed by atoms with van der Waals surface area (Å²) in [6, 6.07) is 4.48. The van der Waals surface area contributed by atoms with Gasteiger partial charge in [0, 0.05) is 21.8 Å². The van der Waals surface area contributed by atoms with Gasteiger partial charge in [-0.25, -0.2) is 4.39 Å². The number of carbonyl (C=O) groups is 1. The van der Waals surface area contributed by atoms with E-state index in [4.69, 9.17) is 0 Å². The Kier molecular flexibility index (Phi) is 5.16. The summed E-state index contributed by atoms with van der Waals surface area (Å²) >= 11 is 5.86. The van der Waals surface area contributed by atoms with E-state index < -0.39 is 5.82 Å². The maximum atomic E-state index is 13.1. The number of hydrogen-bond acceptors (Lipinski definition) is 3. The van der Waals surface area contributed by atoms with Gasteiger partial charge in [0.25, 0.3) is 5.91 Å². The highest BCUT2D eigenvalue weighted by Gasteiger charge is 2.23. The van der Waals surface area contributed by atoms with Gasteiger partial charge in [0.15, 0.2) is 0 Å². The maximum Gasteiger partial charge on any atom is 0.251 e. The molecule has 0 aliphatic heterocycles. The summed E-state index contributed by atoms with van der Waals surface area (Å²) in [6.45, 7) is 0. The van der Waals surface area contributed by atoms with Crippen LogP contribution in [0.25, 0.3) is 0 Å². The van der Waals surface area contributed by atoms with Crippen molar-refractivity contribution < 1.29 is 9.18 Å². The number of thioether (sulfide) groups is 1. The minimum Gasteiger partial charge on any atom is -0.349 e. The number of thiol groups is 1. The molecule has 0 radical (unpaired) electrons. The van der Waals surface area contributed by atoms with Gasteiger partial charge in [-0.2, -0.15) is 11.8 Å². The number of benzene rings is 1. The first-order chi connectivity index (χ1) is 9.10. The number of rotatable bonds is 3. The number of hydrogen-bond donors (Lipinski definition) is 2. The first kappa shape index (κ1) is 14.7. The van der Waals surface area contributed by atoms with Crippen molar-refractivity contribution in [3.05, 3.63) is 29.6 Å². The number of nitrogens with one attached hydrogen (secondary N) is 1. The van der Waals surface area contributed by atoms with Crippen LogP contribution in [0.4, 0.5) is 4.39 Å². The molecule has 1 aliphatic rings. The molecule has 1 saturated carbocycles. The van der Waals surface area contributed by atoms with Crippen LogP contribution in [0.3, 0.4) is 0 Å². The van der Waals surface area contributed by atoms with Crippen LogP contribution in [-0.2, 0) is 0 Å². The molecule has 2 rings (SSSR count). The summed E-state index contributed by atoms with van der Waals surface area (Å²) in [7, 11) is 0. The molecule has 2 unspecified atom stereocenters. The molecule has 1 fully saturated rings. The van der Waals surface area contributed by atoms with Gasteiger partial charge < -0.3 is 5.32 Å². The van der Waals surface area contributed by atoms with Gasteiger partial charge in [0.2, 0.25) is 0 Å². The highest BCUT2D eigenvalue weighted by Crippen LogP contribution is 2.27. The quantitative estimate of drug-likeness (QED) is 0.836. The fourth-order valence-electron chi connectivity index (χ4n) is 2.41. The Morgan fingerprint density at radius 1 is 1.47 bits per heavy atom. The zero-order valence-electron chi connectivity index (χ0n) is 10.9. The second-order valence-electron chi connectivity index (χ2n) is 4.86. The van der Waals surface area contributed by atoms with Crippen molar-refractivity contribution in [2.75, 3.05) is 6.26 Å². The minimum absolute atomic E-state index is 0.137. The normalized spacial score (nSPS) is 23.1. The third-order valence-corrected chi connectivity index (χ3v) is 4.94. The monoisotopic (exact) mass is 299 g/mol. The Labute approximate surface area is 123 Å². The zero-order chi connectivity index (χ0) is 13.8. The fourth-order valence-corrected chi connectivity index (χ4v) is 3.45. The molecule has 1 aliphatic carbocycles. The minimum atomic E-state index is -0.403. The van der Waals surface area contributed by atoms with Gasteiger partial charge in [-0.3, -0.25) is 4.79 Å². The highest BCUT2D eigenvalue weighted by atomic mass is 32.2. The molecule has 0 saturated heterocycles. The van der Waals surface area contributed by atoms with Crippen molar-refractivity contribution in [2.45, 2.75) is 41.9 Å². The summed E-state index contributed by atoms with van der Waals surface area (Å²) in [5, 5.41) is 3.67. The van der Waals surface area contributed by atoms with Crippen LogP contribution in [0.2, 0.25) is 0 Å². The van der Waals surface area contributed by atoms with E-state index in [1.54, 1.807) is 0 Å². The van der Waals surface area contributed by atoms with E-state index in [1.807, 2.05) is 11.8 Å². The molecule has 1 amide bonds. The highest BCUT2D eigenvalue weighted by molar-refractivity contribution is 7.99. The molecule has 1 aromatic rings. The predicted molar refractivity (Wildman–Crippen MR) is 80.7 cm³/mol. The second-order valence-corrected chi connectivity index (χ2v) is 6.48. The van der Waals surface area contributed by atoms with Crippen molar-refractivity contribution in [2.24, 2.45) is 0 Å². The summed E-state index contributed by atoms with van der Waals surface area (Å²) in [6.07, 6.45) is 6.53. The molecular formula is C14H18FNOS2. The smallest absolute Gasteiger partial charge is 0.251 e. The molecule has 0 aromatic heterocycles. The lowest BCUT2D eigenvalue weighted by molar-refractivity contribution is 0.0928. The first-order valence-electron chi connectivity index (χ1n) is 6.42. The van der Waals surface area contributed by atoms with Crippen LogP contribution in [0, 0.1) is 5.82 Å². The summed E-state index contributed by atoms with van der Waals surface area (Å²) in [5.74, 6) is -0.540. The first-order valence-corrected chi connectivity index (χ1v) is 8.16. The van der Waals surface area contributed by atoms with Crippen molar-refractivity contribution in [3.8, 4) is 0 Å². The van der Waals surface area contributed by atoms with Gasteiger partial charge in [-0.05, 0) is 43.7 Å². The van der Waals surface area contributed by atoms with E-state index >= 15 is 0 Å². The van der Waals surface area contributed by atoms with Crippen molar-refractivity contribution in [1.29, 1.82) is 0 Å². The molecule has 19 heavy (non-hydrogen) atoms. The molecule has 0 heterocycles. The Morgan fingerprint density at radius 3 is 2.95 bits per heavy atom. The standard InChI is InChI=1S/C14H18FNOS2/c1-19-11-4-2-3-10(8-11)16-14(17)9-5-6-12(15)13(18)7-9/h5-7,10-11,18H,2-4,8H2,1H3,(H,16,17). The Hall–Kier alpha value is -0.680. The van der Waals surface area contributed by atoms with Gasteiger partial charge >= 0.3 is 0 Å². The molecule has 0 spiro atoms. The molecule has 2 nitrogen and oxygen atoms in total. The lowest BCUT2D eigenvalue weighted by Crippen LogP contribution is -2.39. The second kappa shape index (κ2) is 6.66. The average Bonchev–Trinajstić information content (AvgIpc) is 2.42. The van der Waals surface area contributed by atoms with Crippen molar-refractivity contribution in [3.63, 3.8) is 0 Å². The van der Waals surface area contributed by atoms with Gasteiger partial charge in [-0.1, -0.05) is 6.42 Å². The van der Waals surface area contributed by atoms with Crippen LogP contribution in [-0.4, -0.2) is 23.5 Å². The molecule has 0 bridgehead atoms. The molecular weight excluding hydrogens is 281 g/mol. The topological polar surface area (TPSA) is 29.1 Å². The van der Waals surface area contributed by atoms with Crippen LogP contribution in [0.1, 0.15) is 36.0 Å². The van der Waals surface area contributed by atoms with E-state index in [1.165, 1.54) is 24.6 Å². The zero-order valence-corrected chi connectivity index (χ0v) is 12.6. The molecule has 1 aromatic carbocycles. The lowest BCUT2D eigenvalue weighted by Gasteiger charge is -2.28. The third kappa shape index (κ3) is 3.89. The van der Waals surface area contributed by atoms with Crippen LogP contribution in [0.15, 0.2) is 23.1 Å². The molecule has 1 N–H and O–H groups in total. The Bertz CT molecular complexity index is 467. The van der Waals surface area contributed by atoms with E-state index in [0.29, 0.717) is 10.8 Å². The molecule has 5 heteroatoms. The third-order valence-electron chi connectivity index (χ3n) is 3.50. The lowest BCUT2D eigenvalue weighted by atomic mass is 9.94. The maximum absolute atomic E-state index is 13.1. The van der Waals surface area contributed by atoms with Gasteiger partial charge in [0.1, 0.15) is 5.82 Å². The van der Waals surface area contributed by atoms with Crippen LogP contribution >= 0.6 is 24.4 Å². The Morgan fingerprint density at radius 2 is 2.26 bits per heavy atom. The van der Waals surface area contributed by atoms with Crippen molar-refractivity contribution in [1.82, 2.24) is 5.32 Å². The SMILES string of the molecule is CSC1CCCC(NC(=O)c2ccc(F)c(S)c2)C1. The number of carbonyl (C=O) groups excluding carboxylic acids is 1.